The van der Waals surface area contributed by atoms with E-state index in [1.165, 1.54) is 19.2 Å². The Hall–Kier alpha value is -2.90. The molecule has 0 spiro atoms. The summed E-state index contributed by atoms with van der Waals surface area (Å²) in [5, 5.41) is 5.68. The number of rotatable bonds is 5. The largest absolute Gasteiger partial charge is 0.465 e. The molecule has 0 unspecified atom stereocenters. The Morgan fingerprint density at radius 2 is 1.89 bits per heavy atom. The Balaban J connectivity index is 1.71. The summed E-state index contributed by atoms with van der Waals surface area (Å²) in [6.07, 6.45) is 1.09. The van der Waals surface area contributed by atoms with Gasteiger partial charge in [-0.05, 0) is 49.2 Å². The lowest BCUT2D eigenvalue weighted by atomic mass is 10.1. The number of anilines is 2. The number of carbonyl (C=O) groups is 3. The second-order valence-electron chi connectivity index (χ2n) is 6.21. The summed E-state index contributed by atoms with van der Waals surface area (Å²) in [5.74, 6) is -1.22. The first-order valence-electron chi connectivity index (χ1n) is 8.69. The van der Waals surface area contributed by atoms with Crippen LogP contribution in [0.1, 0.15) is 33.6 Å². The lowest BCUT2D eigenvalue weighted by molar-refractivity contribution is -0.124. The quantitative estimate of drug-likeness (QED) is 0.746. The van der Waals surface area contributed by atoms with Crippen LogP contribution in [0.25, 0.3) is 0 Å². The molecule has 2 amide bonds. The molecule has 2 N–H and O–H groups in total. The molecule has 1 fully saturated rings. The van der Waals surface area contributed by atoms with Gasteiger partial charge in [-0.15, -0.1) is 0 Å². The number of nitrogens with one attached hydrogen (secondary N) is 2. The van der Waals surface area contributed by atoms with E-state index in [-0.39, 0.29) is 16.5 Å². The Morgan fingerprint density at radius 1 is 1.11 bits per heavy atom. The normalized spacial score (nSPS) is 15.7. The smallest absolute Gasteiger partial charge is 0.339 e. The fourth-order valence-corrected chi connectivity index (χ4v) is 3.01. The number of halogens is 1. The minimum atomic E-state index is -0.597. The molecular weight excluding hydrogens is 384 g/mol. The topological polar surface area (TPSA) is 93.7 Å². The second-order valence-corrected chi connectivity index (χ2v) is 6.62. The standard InChI is InChI=1S/C20H19ClN2O5/c1-27-20(26)15-11-14(7-8-16(15)21)22-18(24)12-4-2-5-13(10-12)23-19(25)17-6-3-9-28-17/h2,4-5,7-8,10-11,17H,3,6,9H2,1H3,(H,22,24)(H,23,25)/t17-/m1/s1. The molecule has 1 aliphatic heterocycles. The Kier molecular flexibility index (Phi) is 6.28. The van der Waals surface area contributed by atoms with Crippen LogP contribution in [0.15, 0.2) is 42.5 Å². The van der Waals surface area contributed by atoms with E-state index in [0.29, 0.717) is 30.0 Å². The average Bonchev–Trinajstić information content (AvgIpc) is 3.24. The summed E-state index contributed by atoms with van der Waals surface area (Å²) in [6.45, 7) is 0.579. The van der Waals surface area contributed by atoms with Crippen molar-refractivity contribution in [3.63, 3.8) is 0 Å². The molecule has 1 saturated heterocycles. The van der Waals surface area contributed by atoms with Crippen LogP contribution in [0.3, 0.4) is 0 Å². The summed E-state index contributed by atoms with van der Waals surface area (Å²) in [5.41, 5.74) is 1.39. The molecule has 1 heterocycles. The predicted octanol–water partition coefficient (Wildman–Crippen LogP) is 3.50. The van der Waals surface area contributed by atoms with Gasteiger partial charge in [0.15, 0.2) is 0 Å². The lowest BCUT2D eigenvalue weighted by Gasteiger charge is -2.12. The maximum atomic E-state index is 12.5. The van der Waals surface area contributed by atoms with E-state index < -0.39 is 18.0 Å². The number of benzene rings is 2. The van der Waals surface area contributed by atoms with E-state index in [4.69, 9.17) is 16.3 Å². The van der Waals surface area contributed by atoms with E-state index in [2.05, 4.69) is 15.4 Å². The zero-order valence-corrected chi connectivity index (χ0v) is 15.9. The van der Waals surface area contributed by atoms with Crippen LogP contribution < -0.4 is 10.6 Å². The van der Waals surface area contributed by atoms with Gasteiger partial charge in [-0.1, -0.05) is 17.7 Å². The molecule has 0 aliphatic carbocycles. The van der Waals surface area contributed by atoms with Gasteiger partial charge in [0, 0.05) is 23.5 Å². The van der Waals surface area contributed by atoms with Crippen LogP contribution >= 0.6 is 11.6 Å². The zero-order valence-electron chi connectivity index (χ0n) is 15.2. The summed E-state index contributed by atoms with van der Waals surface area (Å²) < 4.78 is 10.0. The number of carbonyl (C=O) groups excluding carboxylic acids is 3. The summed E-state index contributed by atoms with van der Waals surface area (Å²) in [7, 11) is 1.25. The van der Waals surface area contributed by atoms with Crippen molar-refractivity contribution in [1.82, 2.24) is 0 Å². The van der Waals surface area contributed by atoms with E-state index in [1.807, 2.05) is 0 Å². The highest BCUT2D eigenvalue weighted by molar-refractivity contribution is 6.33. The molecule has 2 aromatic carbocycles. The molecular formula is C20H19ClN2O5. The maximum absolute atomic E-state index is 12.5. The third kappa shape index (κ3) is 4.68. The fraction of sp³-hybridized carbons (Fsp3) is 0.250. The highest BCUT2D eigenvalue weighted by Crippen LogP contribution is 2.22. The first-order valence-corrected chi connectivity index (χ1v) is 9.07. The first kappa shape index (κ1) is 19.9. The Bertz CT molecular complexity index is 909. The SMILES string of the molecule is COC(=O)c1cc(NC(=O)c2cccc(NC(=O)[C@H]3CCCO3)c2)ccc1Cl. The van der Waals surface area contributed by atoms with Crippen molar-refractivity contribution in [1.29, 1.82) is 0 Å². The van der Waals surface area contributed by atoms with Crippen molar-refractivity contribution in [3.8, 4) is 0 Å². The van der Waals surface area contributed by atoms with E-state index in [0.717, 1.165) is 6.42 Å². The molecule has 0 aromatic heterocycles. The van der Waals surface area contributed by atoms with E-state index in [1.54, 1.807) is 30.3 Å². The van der Waals surface area contributed by atoms with Gasteiger partial charge in [0.1, 0.15) is 6.10 Å². The molecule has 0 saturated carbocycles. The molecule has 2 aromatic rings. The van der Waals surface area contributed by atoms with Crippen molar-refractivity contribution in [3.05, 3.63) is 58.6 Å². The highest BCUT2D eigenvalue weighted by atomic mass is 35.5. The van der Waals surface area contributed by atoms with Crippen molar-refractivity contribution in [2.24, 2.45) is 0 Å². The molecule has 7 nitrogen and oxygen atoms in total. The van der Waals surface area contributed by atoms with Crippen LogP contribution in [0.5, 0.6) is 0 Å². The van der Waals surface area contributed by atoms with Crippen LogP contribution in [0.2, 0.25) is 5.02 Å². The highest BCUT2D eigenvalue weighted by Gasteiger charge is 2.23. The number of ether oxygens (including phenoxy) is 2. The molecule has 1 atom stereocenters. The van der Waals surface area contributed by atoms with Crippen molar-refractivity contribution < 1.29 is 23.9 Å². The van der Waals surface area contributed by atoms with Gasteiger partial charge in [0.25, 0.3) is 11.8 Å². The number of hydrogen-bond acceptors (Lipinski definition) is 5. The van der Waals surface area contributed by atoms with Gasteiger partial charge >= 0.3 is 5.97 Å². The number of amides is 2. The Labute approximate surface area is 167 Å². The van der Waals surface area contributed by atoms with E-state index >= 15 is 0 Å². The molecule has 146 valence electrons. The summed E-state index contributed by atoms with van der Waals surface area (Å²) >= 11 is 5.98. The minimum absolute atomic E-state index is 0.152. The van der Waals surface area contributed by atoms with E-state index in [9.17, 15) is 14.4 Å². The van der Waals surface area contributed by atoms with Gasteiger partial charge in [-0.2, -0.15) is 0 Å². The van der Waals surface area contributed by atoms with Crippen LogP contribution in [-0.2, 0) is 14.3 Å². The van der Waals surface area contributed by atoms with Crippen LogP contribution in [-0.4, -0.2) is 37.6 Å². The van der Waals surface area contributed by atoms with Gasteiger partial charge in [-0.25, -0.2) is 4.79 Å². The number of esters is 1. The van der Waals surface area contributed by atoms with Gasteiger partial charge in [-0.3, -0.25) is 9.59 Å². The van der Waals surface area contributed by atoms with Crippen molar-refractivity contribution in [2.75, 3.05) is 24.4 Å². The second kappa shape index (κ2) is 8.86. The third-order valence-electron chi connectivity index (χ3n) is 4.24. The minimum Gasteiger partial charge on any atom is -0.465 e. The van der Waals surface area contributed by atoms with Crippen LogP contribution in [0, 0.1) is 0 Å². The van der Waals surface area contributed by atoms with Crippen molar-refractivity contribution in [2.45, 2.75) is 18.9 Å². The van der Waals surface area contributed by atoms with Gasteiger partial charge in [0.05, 0.1) is 17.7 Å². The summed E-state index contributed by atoms with van der Waals surface area (Å²) in [4.78, 5) is 36.4. The predicted molar refractivity (Wildman–Crippen MR) is 105 cm³/mol. The van der Waals surface area contributed by atoms with Gasteiger partial charge < -0.3 is 20.1 Å². The molecule has 0 radical (unpaired) electrons. The molecule has 0 bridgehead atoms. The monoisotopic (exact) mass is 402 g/mol. The Morgan fingerprint density at radius 3 is 2.61 bits per heavy atom. The molecule has 1 aliphatic rings. The maximum Gasteiger partial charge on any atom is 0.339 e. The lowest BCUT2D eigenvalue weighted by Crippen LogP contribution is -2.27. The summed E-state index contributed by atoms with van der Waals surface area (Å²) in [6, 6.07) is 11.1. The average molecular weight is 403 g/mol. The number of methoxy groups -OCH3 is 1. The van der Waals surface area contributed by atoms with Gasteiger partial charge in [0.2, 0.25) is 0 Å². The van der Waals surface area contributed by atoms with Crippen LogP contribution in [0.4, 0.5) is 11.4 Å². The zero-order chi connectivity index (χ0) is 20.1. The molecule has 28 heavy (non-hydrogen) atoms. The molecule has 8 heteroatoms. The third-order valence-corrected chi connectivity index (χ3v) is 4.57. The first-order chi connectivity index (χ1) is 13.5. The van der Waals surface area contributed by atoms with Crippen molar-refractivity contribution >= 4 is 40.8 Å². The molecule has 3 rings (SSSR count). The fourth-order valence-electron chi connectivity index (χ4n) is 2.82. The number of hydrogen-bond donors (Lipinski definition) is 2.